The first-order chi connectivity index (χ1) is 8.72. The van der Waals surface area contributed by atoms with Crippen LogP contribution in [0.15, 0.2) is 50.1 Å². The molecule has 4 heteroatoms. The van der Waals surface area contributed by atoms with Crippen LogP contribution < -0.4 is 5.43 Å². The highest BCUT2D eigenvalue weighted by Gasteiger charge is 2.13. The highest BCUT2D eigenvalue weighted by Crippen LogP contribution is 2.28. The normalized spacial score (nSPS) is 11.2. The third kappa shape index (κ3) is 1.71. The van der Waals surface area contributed by atoms with Crippen molar-refractivity contribution < 1.29 is 4.42 Å². The van der Waals surface area contributed by atoms with Crippen molar-refractivity contribution in [1.29, 1.82) is 0 Å². The Morgan fingerprint density at radius 1 is 1.11 bits per heavy atom. The van der Waals surface area contributed by atoms with Gasteiger partial charge < -0.3 is 4.42 Å². The topological polar surface area (TPSA) is 30.2 Å². The van der Waals surface area contributed by atoms with Crippen LogP contribution in [-0.4, -0.2) is 0 Å². The van der Waals surface area contributed by atoms with Crippen LogP contribution in [0.2, 0.25) is 0 Å². The van der Waals surface area contributed by atoms with Crippen LogP contribution in [0.5, 0.6) is 0 Å². The summed E-state index contributed by atoms with van der Waals surface area (Å²) in [7, 11) is 0. The SMILES string of the molecule is O=c1c2ccccc2oc2c(CBr)ccc(Br)c12. The minimum Gasteiger partial charge on any atom is -0.455 e. The van der Waals surface area contributed by atoms with Crippen molar-refractivity contribution >= 4 is 53.8 Å². The monoisotopic (exact) mass is 366 g/mol. The van der Waals surface area contributed by atoms with E-state index in [1.807, 2.05) is 30.3 Å². The van der Waals surface area contributed by atoms with Gasteiger partial charge in [-0.2, -0.15) is 0 Å². The van der Waals surface area contributed by atoms with Crippen LogP contribution in [0, 0.1) is 0 Å². The van der Waals surface area contributed by atoms with Gasteiger partial charge in [-0.05, 0) is 34.1 Å². The molecule has 3 rings (SSSR count). The van der Waals surface area contributed by atoms with Crippen molar-refractivity contribution in [2.75, 3.05) is 0 Å². The van der Waals surface area contributed by atoms with Gasteiger partial charge in [0.05, 0.1) is 10.8 Å². The van der Waals surface area contributed by atoms with Gasteiger partial charge >= 0.3 is 0 Å². The lowest BCUT2D eigenvalue weighted by Gasteiger charge is -2.06. The maximum absolute atomic E-state index is 12.5. The first-order valence-corrected chi connectivity index (χ1v) is 7.32. The van der Waals surface area contributed by atoms with Crippen LogP contribution >= 0.6 is 31.9 Å². The number of fused-ring (bicyclic) bond motifs is 2. The summed E-state index contributed by atoms with van der Waals surface area (Å²) in [5, 5.41) is 1.86. The first kappa shape index (κ1) is 11.9. The predicted molar refractivity (Wildman–Crippen MR) is 80.3 cm³/mol. The number of rotatable bonds is 1. The van der Waals surface area contributed by atoms with Crippen molar-refractivity contribution in [1.82, 2.24) is 0 Å². The Morgan fingerprint density at radius 3 is 2.67 bits per heavy atom. The number of hydrogen-bond acceptors (Lipinski definition) is 2. The van der Waals surface area contributed by atoms with Gasteiger partial charge in [-0.3, -0.25) is 4.79 Å². The zero-order valence-corrected chi connectivity index (χ0v) is 12.4. The Morgan fingerprint density at radius 2 is 1.89 bits per heavy atom. The van der Waals surface area contributed by atoms with E-state index in [0.29, 0.717) is 27.3 Å². The van der Waals surface area contributed by atoms with Crippen LogP contribution in [0.3, 0.4) is 0 Å². The molecule has 0 aliphatic carbocycles. The number of para-hydroxylation sites is 1. The Hall–Kier alpha value is -1.13. The molecule has 0 unspecified atom stereocenters. The van der Waals surface area contributed by atoms with Gasteiger partial charge in [-0.15, -0.1) is 0 Å². The molecule has 90 valence electrons. The number of alkyl halides is 1. The van der Waals surface area contributed by atoms with Crippen LogP contribution in [0.1, 0.15) is 5.56 Å². The van der Waals surface area contributed by atoms with E-state index in [1.54, 1.807) is 6.07 Å². The summed E-state index contributed by atoms with van der Waals surface area (Å²) in [6, 6.07) is 11.1. The van der Waals surface area contributed by atoms with E-state index in [-0.39, 0.29) is 5.43 Å². The molecule has 0 fully saturated rings. The van der Waals surface area contributed by atoms with E-state index < -0.39 is 0 Å². The van der Waals surface area contributed by atoms with Crippen molar-refractivity contribution in [3.05, 3.63) is 56.7 Å². The fourth-order valence-electron chi connectivity index (χ4n) is 2.02. The first-order valence-electron chi connectivity index (χ1n) is 5.41. The molecule has 1 aromatic heterocycles. The summed E-state index contributed by atoms with van der Waals surface area (Å²) in [4.78, 5) is 12.5. The summed E-state index contributed by atoms with van der Waals surface area (Å²) in [5.74, 6) is 0. The average Bonchev–Trinajstić information content (AvgIpc) is 2.39. The number of hydrogen-bond donors (Lipinski definition) is 0. The molecule has 0 atom stereocenters. The molecule has 2 nitrogen and oxygen atoms in total. The van der Waals surface area contributed by atoms with Crippen LogP contribution in [-0.2, 0) is 5.33 Å². The lowest BCUT2D eigenvalue weighted by atomic mass is 10.1. The molecule has 1 heterocycles. The Labute approximate surface area is 120 Å². The molecule has 0 bridgehead atoms. The molecule has 0 aliphatic heterocycles. The minimum absolute atomic E-state index is 0.00141. The van der Waals surface area contributed by atoms with Crippen molar-refractivity contribution in [2.45, 2.75) is 5.33 Å². The number of benzene rings is 2. The minimum atomic E-state index is 0.00141. The summed E-state index contributed by atoms with van der Waals surface area (Å²) >= 11 is 6.84. The molecule has 0 N–H and O–H groups in total. The molecular formula is C14H8Br2O2. The highest BCUT2D eigenvalue weighted by molar-refractivity contribution is 9.10. The molecule has 0 radical (unpaired) electrons. The standard InChI is InChI=1S/C14H8Br2O2/c15-7-8-5-6-10(16)12-13(17)9-3-1-2-4-11(9)18-14(8)12/h1-6H,7H2. The van der Waals surface area contributed by atoms with E-state index in [2.05, 4.69) is 31.9 Å². The maximum Gasteiger partial charge on any atom is 0.201 e. The predicted octanol–water partition coefficient (Wildman–Crippen LogP) is 4.60. The largest absolute Gasteiger partial charge is 0.455 e. The molecule has 0 aliphatic rings. The van der Waals surface area contributed by atoms with Gasteiger partial charge in [0, 0.05) is 15.4 Å². The summed E-state index contributed by atoms with van der Waals surface area (Å²) in [6.07, 6.45) is 0. The van der Waals surface area contributed by atoms with E-state index in [1.165, 1.54) is 0 Å². The highest BCUT2D eigenvalue weighted by atomic mass is 79.9. The fraction of sp³-hybridized carbons (Fsp3) is 0.0714. The van der Waals surface area contributed by atoms with Gasteiger partial charge in [-0.25, -0.2) is 0 Å². The second-order valence-corrected chi connectivity index (χ2v) is 5.39. The average molecular weight is 368 g/mol. The zero-order valence-electron chi connectivity index (χ0n) is 9.24. The van der Waals surface area contributed by atoms with Crippen LogP contribution in [0.25, 0.3) is 21.9 Å². The summed E-state index contributed by atoms with van der Waals surface area (Å²) in [6.45, 7) is 0. The molecule has 2 aromatic carbocycles. The summed E-state index contributed by atoms with van der Waals surface area (Å²) in [5.41, 5.74) is 2.23. The molecule has 0 saturated heterocycles. The van der Waals surface area contributed by atoms with Gasteiger partial charge in [0.2, 0.25) is 5.43 Å². The third-order valence-electron chi connectivity index (χ3n) is 2.90. The molecule has 0 spiro atoms. The second kappa shape index (κ2) is 4.52. The van der Waals surface area contributed by atoms with Gasteiger partial charge in [0.25, 0.3) is 0 Å². The number of halogens is 2. The smallest absolute Gasteiger partial charge is 0.201 e. The molecular weight excluding hydrogens is 360 g/mol. The van der Waals surface area contributed by atoms with Gasteiger partial charge in [-0.1, -0.05) is 34.1 Å². The molecule has 18 heavy (non-hydrogen) atoms. The second-order valence-electron chi connectivity index (χ2n) is 3.97. The Kier molecular flexibility index (Phi) is 2.99. The van der Waals surface area contributed by atoms with Crippen molar-refractivity contribution in [2.24, 2.45) is 0 Å². The quantitative estimate of drug-likeness (QED) is 0.464. The van der Waals surface area contributed by atoms with Gasteiger partial charge in [0.15, 0.2) is 0 Å². The van der Waals surface area contributed by atoms with E-state index in [0.717, 1.165) is 10.0 Å². The lowest BCUT2D eigenvalue weighted by Crippen LogP contribution is -2.03. The van der Waals surface area contributed by atoms with E-state index in [9.17, 15) is 4.79 Å². The summed E-state index contributed by atoms with van der Waals surface area (Å²) < 4.78 is 6.64. The molecule has 0 saturated carbocycles. The van der Waals surface area contributed by atoms with Crippen LogP contribution in [0.4, 0.5) is 0 Å². The lowest BCUT2D eigenvalue weighted by molar-refractivity contribution is 0.656. The molecule has 3 aromatic rings. The Bertz CT molecular complexity index is 806. The van der Waals surface area contributed by atoms with Crippen molar-refractivity contribution in [3.8, 4) is 0 Å². The zero-order chi connectivity index (χ0) is 12.7. The van der Waals surface area contributed by atoms with E-state index in [4.69, 9.17) is 4.42 Å². The third-order valence-corrected chi connectivity index (χ3v) is 4.17. The van der Waals surface area contributed by atoms with E-state index >= 15 is 0 Å². The molecule has 0 amide bonds. The maximum atomic E-state index is 12.5. The fourth-order valence-corrected chi connectivity index (χ4v) is 2.96. The Balaban J connectivity index is 2.63. The van der Waals surface area contributed by atoms with Gasteiger partial charge in [0.1, 0.15) is 11.2 Å². The van der Waals surface area contributed by atoms with Crippen molar-refractivity contribution in [3.63, 3.8) is 0 Å².